The Hall–Kier alpha value is -2.62. The second-order valence-corrected chi connectivity index (χ2v) is 5.13. The van der Waals surface area contributed by atoms with Crippen molar-refractivity contribution < 1.29 is 14.3 Å². The molecule has 2 rings (SSSR count). The Morgan fingerprint density at radius 3 is 2.27 bits per heavy atom. The van der Waals surface area contributed by atoms with E-state index in [1.165, 1.54) is 7.11 Å². The van der Waals surface area contributed by atoms with Crippen molar-refractivity contribution >= 4 is 17.6 Å². The Bertz CT molecular complexity index is 635. The fourth-order valence-electron chi connectivity index (χ4n) is 2.20. The molecule has 0 unspecified atom stereocenters. The third-order valence-electron chi connectivity index (χ3n) is 3.45. The van der Waals surface area contributed by atoms with Gasteiger partial charge >= 0.3 is 5.97 Å². The van der Waals surface area contributed by atoms with Gasteiger partial charge in [0.25, 0.3) is 0 Å². The molecule has 0 aliphatic carbocycles. The van der Waals surface area contributed by atoms with Crippen LogP contribution in [0.5, 0.6) is 0 Å². The SMILES string of the molecule is COC(=O)c1ccc(NC(=O)C[C@H](C)c2ccccc2)cc1. The van der Waals surface area contributed by atoms with Crippen molar-refractivity contribution in [1.82, 2.24) is 0 Å². The fraction of sp³-hybridized carbons (Fsp3) is 0.222. The van der Waals surface area contributed by atoms with Gasteiger partial charge in [-0.3, -0.25) is 4.79 Å². The summed E-state index contributed by atoms with van der Waals surface area (Å²) in [7, 11) is 1.34. The van der Waals surface area contributed by atoms with Gasteiger partial charge in [0, 0.05) is 12.1 Å². The topological polar surface area (TPSA) is 55.4 Å². The van der Waals surface area contributed by atoms with Crippen LogP contribution in [0.4, 0.5) is 5.69 Å². The third-order valence-corrected chi connectivity index (χ3v) is 3.45. The average Bonchev–Trinajstić information content (AvgIpc) is 2.55. The van der Waals surface area contributed by atoms with E-state index in [1.807, 2.05) is 37.3 Å². The van der Waals surface area contributed by atoms with Crippen molar-refractivity contribution in [1.29, 1.82) is 0 Å². The highest BCUT2D eigenvalue weighted by atomic mass is 16.5. The van der Waals surface area contributed by atoms with Gasteiger partial charge in [0.2, 0.25) is 5.91 Å². The number of amides is 1. The summed E-state index contributed by atoms with van der Waals surface area (Å²) < 4.78 is 4.63. The first-order chi connectivity index (χ1) is 10.6. The summed E-state index contributed by atoms with van der Waals surface area (Å²) in [5.74, 6) is -0.298. The highest BCUT2D eigenvalue weighted by Gasteiger charge is 2.11. The summed E-state index contributed by atoms with van der Waals surface area (Å²) >= 11 is 0. The van der Waals surface area contributed by atoms with Crippen LogP contribution in [0.1, 0.15) is 35.2 Å². The van der Waals surface area contributed by atoms with E-state index in [-0.39, 0.29) is 11.8 Å². The second-order valence-electron chi connectivity index (χ2n) is 5.13. The van der Waals surface area contributed by atoms with Crippen LogP contribution in [0.2, 0.25) is 0 Å². The maximum absolute atomic E-state index is 12.1. The van der Waals surface area contributed by atoms with Gasteiger partial charge in [0.1, 0.15) is 0 Å². The predicted octanol–water partition coefficient (Wildman–Crippen LogP) is 3.61. The van der Waals surface area contributed by atoms with Crippen LogP contribution in [0.3, 0.4) is 0 Å². The van der Waals surface area contributed by atoms with Crippen LogP contribution in [-0.4, -0.2) is 19.0 Å². The number of hydrogen-bond acceptors (Lipinski definition) is 3. The molecule has 4 heteroatoms. The molecule has 0 radical (unpaired) electrons. The molecule has 0 aliphatic heterocycles. The highest BCUT2D eigenvalue weighted by molar-refractivity contribution is 5.93. The number of methoxy groups -OCH3 is 1. The van der Waals surface area contributed by atoms with Gasteiger partial charge in [-0.15, -0.1) is 0 Å². The van der Waals surface area contributed by atoms with Crippen LogP contribution in [0.25, 0.3) is 0 Å². The molecule has 1 N–H and O–H groups in total. The summed E-state index contributed by atoms with van der Waals surface area (Å²) in [6, 6.07) is 16.6. The lowest BCUT2D eigenvalue weighted by Gasteiger charge is -2.12. The van der Waals surface area contributed by atoms with Gasteiger partial charge < -0.3 is 10.1 Å². The van der Waals surface area contributed by atoms with Crippen LogP contribution < -0.4 is 5.32 Å². The maximum Gasteiger partial charge on any atom is 0.337 e. The van der Waals surface area contributed by atoms with Crippen molar-refractivity contribution in [2.45, 2.75) is 19.3 Å². The first-order valence-corrected chi connectivity index (χ1v) is 7.13. The molecule has 0 aliphatic rings. The van der Waals surface area contributed by atoms with Gasteiger partial charge in [-0.05, 0) is 35.7 Å². The zero-order chi connectivity index (χ0) is 15.9. The van der Waals surface area contributed by atoms with E-state index in [2.05, 4.69) is 10.1 Å². The molecule has 22 heavy (non-hydrogen) atoms. The van der Waals surface area contributed by atoms with Gasteiger partial charge in [-0.2, -0.15) is 0 Å². The van der Waals surface area contributed by atoms with Crippen LogP contribution in [0, 0.1) is 0 Å². The smallest absolute Gasteiger partial charge is 0.337 e. The largest absolute Gasteiger partial charge is 0.465 e. The number of benzene rings is 2. The number of hydrogen-bond donors (Lipinski definition) is 1. The molecule has 0 fully saturated rings. The number of ether oxygens (including phenoxy) is 1. The predicted molar refractivity (Wildman–Crippen MR) is 85.9 cm³/mol. The summed E-state index contributed by atoms with van der Waals surface area (Å²) in [5, 5.41) is 2.84. The molecule has 0 bridgehead atoms. The standard InChI is InChI=1S/C18H19NO3/c1-13(14-6-4-3-5-7-14)12-17(20)19-16-10-8-15(9-11-16)18(21)22-2/h3-11,13H,12H2,1-2H3,(H,19,20)/t13-/m0/s1. The maximum atomic E-state index is 12.1. The summed E-state index contributed by atoms with van der Waals surface area (Å²) in [4.78, 5) is 23.4. The van der Waals surface area contributed by atoms with E-state index in [9.17, 15) is 9.59 Å². The first kappa shape index (κ1) is 15.8. The highest BCUT2D eigenvalue weighted by Crippen LogP contribution is 2.19. The number of carbonyl (C=O) groups is 2. The fourth-order valence-corrected chi connectivity index (χ4v) is 2.20. The van der Waals surface area contributed by atoms with Crippen molar-refractivity contribution in [3.8, 4) is 0 Å². The number of nitrogens with one attached hydrogen (secondary N) is 1. The van der Waals surface area contributed by atoms with E-state index in [0.717, 1.165) is 5.56 Å². The van der Waals surface area contributed by atoms with Crippen molar-refractivity contribution in [3.63, 3.8) is 0 Å². The molecule has 114 valence electrons. The van der Waals surface area contributed by atoms with E-state index in [4.69, 9.17) is 0 Å². The van der Waals surface area contributed by atoms with Crippen LogP contribution in [-0.2, 0) is 9.53 Å². The monoisotopic (exact) mass is 297 g/mol. The minimum absolute atomic E-state index is 0.0535. The molecule has 0 heterocycles. The second kappa shape index (κ2) is 7.41. The van der Waals surface area contributed by atoms with E-state index in [1.54, 1.807) is 24.3 Å². The summed E-state index contributed by atoms with van der Waals surface area (Å²) in [6.45, 7) is 2.02. The molecule has 1 atom stereocenters. The van der Waals surface area contributed by atoms with E-state index < -0.39 is 5.97 Å². The number of anilines is 1. The molecule has 1 amide bonds. The minimum Gasteiger partial charge on any atom is -0.465 e. The van der Waals surface area contributed by atoms with Gasteiger partial charge in [0.05, 0.1) is 12.7 Å². The Morgan fingerprint density at radius 1 is 1.05 bits per heavy atom. The molecule has 4 nitrogen and oxygen atoms in total. The van der Waals surface area contributed by atoms with Gasteiger partial charge in [-0.1, -0.05) is 37.3 Å². The Morgan fingerprint density at radius 2 is 1.68 bits per heavy atom. The van der Waals surface area contributed by atoms with Crippen molar-refractivity contribution in [3.05, 3.63) is 65.7 Å². The summed E-state index contributed by atoms with van der Waals surface area (Å²) in [6.07, 6.45) is 0.406. The number of carbonyl (C=O) groups excluding carboxylic acids is 2. The molecular formula is C18H19NO3. The minimum atomic E-state index is -0.393. The van der Waals surface area contributed by atoms with Crippen molar-refractivity contribution in [2.75, 3.05) is 12.4 Å². The Kier molecular flexibility index (Phi) is 5.31. The molecule has 0 saturated heterocycles. The third kappa shape index (κ3) is 4.19. The Labute approximate surface area is 130 Å². The molecule has 2 aromatic rings. The molecule has 2 aromatic carbocycles. The van der Waals surface area contributed by atoms with E-state index >= 15 is 0 Å². The van der Waals surface area contributed by atoms with Gasteiger partial charge in [0.15, 0.2) is 0 Å². The zero-order valence-electron chi connectivity index (χ0n) is 12.7. The molecule has 0 aromatic heterocycles. The number of esters is 1. The average molecular weight is 297 g/mol. The molecule has 0 saturated carbocycles. The normalized spacial score (nSPS) is 11.5. The molecular weight excluding hydrogens is 278 g/mol. The van der Waals surface area contributed by atoms with Crippen LogP contribution >= 0.6 is 0 Å². The van der Waals surface area contributed by atoms with Gasteiger partial charge in [-0.25, -0.2) is 4.79 Å². The zero-order valence-corrected chi connectivity index (χ0v) is 12.7. The van der Waals surface area contributed by atoms with E-state index in [0.29, 0.717) is 17.7 Å². The van der Waals surface area contributed by atoms with Crippen LogP contribution in [0.15, 0.2) is 54.6 Å². The molecule has 0 spiro atoms. The first-order valence-electron chi connectivity index (χ1n) is 7.13. The lowest BCUT2D eigenvalue weighted by molar-refractivity contribution is -0.116. The lowest BCUT2D eigenvalue weighted by Crippen LogP contribution is -2.14. The van der Waals surface area contributed by atoms with Crippen molar-refractivity contribution in [2.24, 2.45) is 0 Å². The quantitative estimate of drug-likeness (QED) is 0.858. The lowest BCUT2D eigenvalue weighted by atomic mass is 9.97. The Balaban J connectivity index is 1.93. The number of rotatable bonds is 5. The summed E-state index contributed by atoms with van der Waals surface area (Å²) in [5.41, 5.74) is 2.26.